The highest BCUT2D eigenvalue weighted by Gasteiger charge is 2.33. The molecule has 0 aliphatic rings. The van der Waals surface area contributed by atoms with Crippen LogP contribution in [-0.2, 0) is 11.8 Å². The van der Waals surface area contributed by atoms with Crippen molar-refractivity contribution >= 4 is 46.0 Å². The zero-order chi connectivity index (χ0) is 21.2. The summed E-state index contributed by atoms with van der Waals surface area (Å²) < 4.78 is 0. The molecule has 0 bridgehead atoms. The van der Waals surface area contributed by atoms with Gasteiger partial charge in [-0.25, -0.2) is 0 Å². The number of halogens is 2. The van der Waals surface area contributed by atoms with Crippen molar-refractivity contribution in [2.24, 2.45) is 0 Å². The maximum Gasteiger partial charge on any atom is 0.284 e. The largest absolute Gasteiger partial charge is 0.284 e. The topological polar surface area (TPSA) is 173 Å². The Morgan fingerprint density at radius 1 is 0.607 bits per heavy atom. The Morgan fingerprint density at radius 3 is 1.14 bits per heavy atom. The molecule has 0 spiro atoms. The summed E-state index contributed by atoms with van der Waals surface area (Å²) in [7, 11) is 0. The predicted octanol–water partition coefficient (Wildman–Crippen LogP) is 4.46. The average molecular weight is 431 g/mol. The molecule has 2 aromatic rings. The van der Waals surface area contributed by atoms with Gasteiger partial charge in [0.2, 0.25) is 0 Å². The molecule has 0 aliphatic heterocycles. The van der Waals surface area contributed by atoms with E-state index in [-0.39, 0.29) is 22.3 Å². The van der Waals surface area contributed by atoms with Crippen LogP contribution < -0.4 is 0 Å². The van der Waals surface area contributed by atoms with E-state index in [0.717, 1.165) is 12.1 Å². The van der Waals surface area contributed by atoms with Gasteiger partial charge in [-0.1, -0.05) is 0 Å². The molecule has 2 rings (SSSR count). The minimum absolute atomic E-state index is 0.133. The third-order valence-electron chi connectivity index (χ3n) is 3.72. The molecule has 0 atom stereocenters. The Morgan fingerprint density at radius 2 is 0.929 bits per heavy atom. The lowest BCUT2D eigenvalue weighted by Gasteiger charge is -2.12. The molecule has 2 aromatic carbocycles. The molecule has 0 saturated carbocycles. The van der Waals surface area contributed by atoms with Crippen molar-refractivity contribution in [3.63, 3.8) is 0 Å². The molecule has 0 unspecified atom stereocenters. The fourth-order valence-electron chi connectivity index (χ4n) is 2.63. The fourth-order valence-corrected chi connectivity index (χ4v) is 3.05. The molecule has 0 aliphatic carbocycles. The van der Waals surface area contributed by atoms with Crippen LogP contribution in [0.25, 0.3) is 11.1 Å². The molecule has 14 heteroatoms. The maximum absolute atomic E-state index is 11.5. The smallest absolute Gasteiger partial charge is 0.258 e. The Balaban J connectivity index is 3.05. The average Bonchev–Trinajstić information content (AvgIpc) is 2.65. The standard InChI is InChI=1S/C14H8Cl2N4O8/c15-5-7-1-9(17(21)22)3-11(19(25)26)13(7)14-8(6-16)2-10(18(23)24)4-12(14)20(27)28/h1-4H,5-6H2. The Bertz CT molecular complexity index is 945. The van der Waals surface area contributed by atoms with Gasteiger partial charge in [0.25, 0.3) is 22.7 Å². The van der Waals surface area contributed by atoms with Gasteiger partial charge < -0.3 is 0 Å². The van der Waals surface area contributed by atoms with Crippen LogP contribution >= 0.6 is 23.2 Å². The van der Waals surface area contributed by atoms with E-state index in [1.54, 1.807) is 0 Å². The van der Waals surface area contributed by atoms with Crippen LogP contribution in [0.5, 0.6) is 0 Å². The summed E-state index contributed by atoms with van der Waals surface area (Å²) >= 11 is 11.6. The van der Waals surface area contributed by atoms with Crippen LogP contribution in [0.1, 0.15) is 11.1 Å². The highest BCUT2D eigenvalue weighted by Crippen LogP contribution is 2.45. The lowest BCUT2D eigenvalue weighted by molar-refractivity contribution is -0.395. The molecule has 0 saturated heterocycles. The summed E-state index contributed by atoms with van der Waals surface area (Å²) in [5.74, 6) is -0.901. The summed E-state index contributed by atoms with van der Waals surface area (Å²) in [4.78, 5) is 41.5. The second-order valence-corrected chi connectivity index (χ2v) is 5.83. The second kappa shape index (κ2) is 8.10. The van der Waals surface area contributed by atoms with Gasteiger partial charge in [0.15, 0.2) is 0 Å². The van der Waals surface area contributed by atoms with Gasteiger partial charge in [-0.15, -0.1) is 23.2 Å². The SMILES string of the molecule is O=[N+]([O-])c1cc(CCl)c(-c2c(CCl)cc([N+](=O)[O-])cc2[N+](=O)[O-])c([N+](=O)[O-])c1. The van der Waals surface area contributed by atoms with Crippen molar-refractivity contribution in [3.05, 3.63) is 75.8 Å². The highest BCUT2D eigenvalue weighted by molar-refractivity contribution is 6.18. The maximum atomic E-state index is 11.5. The van der Waals surface area contributed by atoms with Crippen molar-refractivity contribution in [1.29, 1.82) is 0 Å². The molecule has 0 radical (unpaired) electrons. The van der Waals surface area contributed by atoms with Gasteiger partial charge in [0.05, 0.1) is 43.0 Å². The number of alkyl halides is 2. The molecule has 0 aromatic heterocycles. The first-order valence-corrected chi connectivity index (χ1v) is 8.23. The molecular formula is C14H8Cl2N4O8. The van der Waals surface area contributed by atoms with Gasteiger partial charge in [0.1, 0.15) is 0 Å². The van der Waals surface area contributed by atoms with Gasteiger partial charge in [-0.05, 0) is 11.1 Å². The second-order valence-electron chi connectivity index (χ2n) is 5.29. The van der Waals surface area contributed by atoms with Crippen LogP contribution in [0.3, 0.4) is 0 Å². The number of nitro groups is 4. The van der Waals surface area contributed by atoms with E-state index in [0.29, 0.717) is 12.1 Å². The Labute approximate surface area is 164 Å². The van der Waals surface area contributed by atoms with Crippen molar-refractivity contribution in [2.75, 3.05) is 0 Å². The van der Waals surface area contributed by atoms with Gasteiger partial charge >= 0.3 is 0 Å². The van der Waals surface area contributed by atoms with Gasteiger partial charge in [0, 0.05) is 23.9 Å². The minimum atomic E-state index is -0.957. The van der Waals surface area contributed by atoms with Crippen LogP contribution in [-0.4, -0.2) is 19.7 Å². The first-order chi connectivity index (χ1) is 13.1. The third kappa shape index (κ3) is 3.82. The molecule has 0 N–H and O–H groups in total. The molecule has 0 heterocycles. The fraction of sp³-hybridized carbons (Fsp3) is 0.143. The summed E-state index contributed by atoms with van der Waals surface area (Å²) in [5, 5.41) is 45.1. The van der Waals surface area contributed by atoms with E-state index < -0.39 is 54.2 Å². The van der Waals surface area contributed by atoms with E-state index in [1.165, 1.54) is 0 Å². The van der Waals surface area contributed by atoms with Crippen molar-refractivity contribution in [3.8, 4) is 11.1 Å². The molecule has 0 amide bonds. The van der Waals surface area contributed by atoms with Crippen LogP contribution in [0.4, 0.5) is 22.7 Å². The van der Waals surface area contributed by atoms with Crippen molar-refractivity contribution < 1.29 is 19.7 Å². The summed E-state index contributed by atoms with van der Waals surface area (Å²) in [6.07, 6.45) is 0. The number of benzene rings is 2. The number of nitro benzene ring substituents is 4. The first-order valence-electron chi connectivity index (χ1n) is 7.16. The molecule has 12 nitrogen and oxygen atoms in total. The number of non-ortho nitro benzene ring substituents is 2. The van der Waals surface area contributed by atoms with E-state index in [4.69, 9.17) is 23.2 Å². The molecular weight excluding hydrogens is 423 g/mol. The summed E-state index contributed by atoms with van der Waals surface area (Å²) in [6, 6.07) is 3.15. The molecule has 0 fully saturated rings. The van der Waals surface area contributed by atoms with E-state index >= 15 is 0 Å². The number of hydrogen-bond donors (Lipinski definition) is 0. The highest BCUT2D eigenvalue weighted by atomic mass is 35.5. The van der Waals surface area contributed by atoms with Gasteiger partial charge in [-0.2, -0.15) is 0 Å². The lowest BCUT2D eigenvalue weighted by Crippen LogP contribution is -2.04. The zero-order valence-electron chi connectivity index (χ0n) is 13.5. The monoisotopic (exact) mass is 430 g/mol. The molecule has 28 heavy (non-hydrogen) atoms. The van der Waals surface area contributed by atoms with Crippen molar-refractivity contribution in [1.82, 2.24) is 0 Å². The van der Waals surface area contributed by atoms with Crippen LogP contribution in [0.15, 0.2) is 24.3 Å². The molecule has 146 valence electrons. The van der Waals surface area contributed by atoms with Crippen LogP contribution in [0.2, 0.25) is 0 Å². The van der Waals surface area contributed by atoms with E-state index in [9.17, 15) is 40.5 Å². The van der Waals surface area contributed by atoms with Crippen molar-refractivity contribution in [2.45, 2.75) is 11.8 Å². The minimum Gasteiger partial charge on any atom is -0.258 e. The first kappa shape index (κ1) is 20.9. The lowest BCUT2D eigenvalue weighted by atomic mass is 9.92. The Kier molecular flexibility index (Phi) is 6.06. The quantitative estimate of drug-likeness (QED) is 0.351. The van der Waals surface area contributed by atoms with Gasteiger partial charge in [-0.3, -0.25) is 40.5 Å². The normalized spacial score (nSPS) is 10.5. The number of rotatable bonds is 7. The predicted molar refractivity (Wildman–Crippen MR) is 97.6 cm³/mol. The number of nitrogens with zero attached hydrogens (tertiary/aromatic N) is 4. The summed E-state index contributed by atoms with van der Waals surface area (Å²) in [6.45, 7) is 0. The van der Waals surface area contributed by atoms with E-state index in [1.807, 2.05) is 0 Å². The zero-order valence-corrected chi connectivity index (χ0v) is 15.0. The van der Waals surface area contributed by atoms with E-state index in [2.05, 4.69) is 0 Å². The Hall–Kier alpha value is -3.38. The number of hydrogen-bond acceptors (Lipinski definition) is 8. The third-order valence-corrected chi connectivity index (χ3v) is 4.30. The van der Waals surface area contributed by atoms with Crippen LogP contribution in [0, 0.1) is 40.5 Å². The summed E-state index contributed by atoms with van der Waals surface area (Å²) in [5.41, 5.74) is -3.88.